The number of ketones is 1. The van der Waals surface area contributed by atoms with Crippen molar-refractivity contribution in [3.05, 3.63) is 11.8 Å². The van der Waals surface area contributed by atoms with Crippen molar-refractivity contribution in [3.63, 3.8) is 0 Å². The number of aliphatic hydroxyl groups is 1. The lowest BCUT2D eigenvalue weighted by atomic mass is 9.86. The fraction of sp³-hybridized carbons (Fsp3) is 0.700. The normalized spacial score (nSPS) is 24.4. The quantitative estimate of drug-likeness (QED) is 0.687. The monoisotopic (exact) mass is 168 g/mol. The SMILES string of the molecule is CC(C)CC1CC(=O)C=C(O)C1. The van der Waals surface area contributed by atoms with E-state index in [1.807, 2.05) is 0 Å². The highest BCUT2D eigenvalue weighted by molar-refractivity contribution is 5.91. The Morgan fingerprint density at radius 3 is 2.75 bits per heavy atom. The molecule has 1 rings (SSSR count). The minimum atomic E-state index is 0.0735. The number of aliphatic hydroxyl groups excluding tert-OH is 1. The Bertz CT molecular complexity index is 204. The van der Waals surface area contributed by atoms with E-state index in [0.717, 1.165) is 6.42 Å². The second-order valence-electron chi connectivity index (χ2n) is 4.01. The van der Waals surface area contributed by atoms with Crippen molar-refractivity contribution >= 4 is 5.78 Å². The summed E-state index contributed by atoms with van der Waals surface area (Å²) < 4.78 is 0. The highest BCUT2D eigenvalue weighted by Gasteiger charge is 2.20. The molecule has 0 aromatic heterocycles. The third kappa shape index (κ3) is 2.68. The van der Waals surface area contributed by atoms with Gasteiger partial charge >= 0.3 is 0 Å². The lowest BCUT2D eigenvalue weighted by Gasteiger charge is -2.20. The molecule has 0 bridgehead atoms. The number of hydrogen-bond acceptors (Lipinski definition) is 2. The average Bonchev–Trinajstić information content (AvgIpc) is 1.81. The topological polar surface area (TPSA) is 37.3 Å². The number of carbonyl (C=O) groups excluding carboxylic acids is 1. The highest BCUT2D eigenvalue weighted by Crippen LogP contribution is 2.26. The van der Waals surface area contributed by atoms with Gasteiger partial charge < -0.3 is 5.11 Å². The van der Waals surface area contributed by atoms with E-state index in [-0.39, 0.29) is 11.5 Å². The maximum atomic E-state index is 11.0. The largest absolute Gasteiger partial charge is 0.512 e. The lowest BCUT2D eigenvalue weighted by Crippen LogP contribution is -2.15. The van der Waals surface area contributed by atoms with E-state index in [9.17, 15) is 9.90 Å². The van der Waals surface area contributed by atoms with E-state index in [4.69, 9.17) is 0 Å². The third-order valence-corrected chi connectivity index (χ3v) is 2.12. The van der Waals surface area contributed by atoms with Crippen LogP contribution in [-0.4, -0.2) is 10.9 Å². The van der Waals surface area contributed by atoms with Crippen LogP contribution in [-0.2, 0) is 4.79 Å². The highest BCUT2D eigenvalue weighted by atomic mass is 16.3. The van der Waals surface area contributed by atoms with Crippen LogP contribution >= 0.6 is 0 Å². The summed E-state index contributed by atoms with van der Waals surface area (Å²) >= 11 is 0. The van der Waals surface area contributed by atoms with Gasteiger partial charge in [0.15, 0.2) is 5.78 Å². The van der Waals surface area contributed by atoms with Crippen LogP contribution < -0.4 is 0 Å². The summed E-state index contributed by atoms with van der Waals surface area (Å²) in [7, 11) is 0. The second kappa shape index (κ2) is 3.74. The molecule has 0 aromatic rings. The van der Waals surface area contributed by atoms with Gasteiger partial charge in [-0.1, -0.05) is 13.8 Å². The van der Waals surface area contributed by atoms with E-state index >= 15 is 0 Å². The first-order valence-electron chi connectivity index (χ1n) is 4.50. The molecule has 0 aromatic carbocycles. The van der Waals surface area contributed by atoms with Gasteiger partial charge in [0.25, 0.3) is 0 Å². The molecule has 0 aliphatic heterocycles. The molecule has 1 N–H and O–H groups in total. The minimum absolute atomic E-state index is 0.0735. The van der Waals surface area contributed by atoms with Crippen molar-refractivity contribution in [2.75, 3.05) is 0 Å². The van der Waals surface area contributed by atoms with Gasteiger partial charge in [-0.25, -0.2) is 0 Å². The van der Waals surface area contributed by atoms with Crippen molar-refractivity contribution in [1.82, 2.24) is 0 Å². The Balaban J connectivity index is 2.50. The number of hydrogen-bond donors (Lipinski definition) is 1. The average molecular weight is 168 g/mol. The smallest absolute Gasteiger partial charge is 0.159 e. The lowest BCUT2D eigenvalue weighted by molar-refractivity contribution is -0.116. The van der Waals surface area contributed by atoms with Crippen LogP contribution in [0.15, 0.2) is 11.8 Å². The number of carbonyl (C=O) groups is 1. The predicted molar refractivity (Wildman–Crippen MR) is 47.9 cm³/mol. The molecule has 1 aliphatic rings. The van der Waals surface area contributed by atoms with Crippen molar-refractivity contribution in [2.24, 2.45) is 11.8 Å². The number of rotatable bonds is 2. The Labute approximate surface area is 73.3 Å². The Morgan fingerprint density at radius 2 is 2.25 bits per heavy atom. The maximum Gasteiger partial charge on any atom is 0.159 e. The molecule has 0 fully saturated rings. The third-order valence-electron chi connectivity index (χ3n) is 2.12. The summed E-state index contributed by atoms with van der Waals surface area (Å²) in [6, 6.07) is 0. The van der Waals surface area contributed by atoms with Crippen molar-refractivity contribution < 1.29 is 9.90 Å². The molecular formula is C10H16O2. The summed E-state index contributed by atoms with van der Waals surface area (Å²) in [5, 5.41) is 9.20. The van der Waals surface area contributed by atoms with E-state index in [0.29, 0.717) is 24.7 Å². The van der Waals surface area contributed by atoms with Gasteiger partial charge in [0.05, 0.1) is 5.76 Å². The first-order chi connectivity index (χ1) is 5.58. The molecule has 0 radical (unpaired) electrons. The number of allylic oxidation sites excluding steroid dienone is 2. The zero-order chi connectivity index (χ0) is 9.14. The van der Waals surface area contributed by atoms with Crippen LogP contribution in [0.5, 0.6) is 0 Å². The maximum absolute atomic E-state index is 11.0. The Morgan fingerprint density at radius 1 is 1.58 bits per heavy atom. The predicted octanol–water partition coefficient (Wildman–Crippen LogP) is 2.45. The summed E-state index contributed by atoms with van der Waals surface area (Å²) in [4.78, 5) is 11.0. The van der Waals surface area contributed by atoms with E-state index in [1.54, 1.807) is 0 Å². The molecule has 0 spiro atoms. The Kier molecular flexibility index (Phi) is 2.90. The molecule has 1 unspecified atom stereocenters. The van der Waals surface area contributed by atoms with Crippen LogP contribution in [0.2, 0.25) is 0 Å². The second-order valence-corrected chi connectivity index (χ2v) is 4.01. The first kappa shape index (κ1) is 9.30. The zero-order valence-electron chi connectivity index (χ0n) is 7.71. The molecule has 2 nitrogen and oxygen atoms in total. The molecule has 0 saturated heterocycles. The van der Waals surface area contributed by atoms with Crippen molar-refractivity contribution in [2.45, 2.75) is 33.1 Å². The van der Waals surface area contributed by atoms with Gasteiger partial charge in [0.2, 0.25) is 0 Å². The van der Waals surface area contributed by atoms with Crippen molar-refractivity contribution in [1.29, 1.82) is 0 Å². The molecule has 68 valence electrons. The summed E-state index contributed by atoms with van der Waals surface area (Å²) in [6.07, 6.45) is 3.69. The summed E-state index contributed by atoms with van der Waals surface area (Å²) in [5.41, 5.74) is 0. The molecule has 0 amide bonds. The molecule has 2 heteroatoms. The fourth-order valence-corrected chi connectivity index (χ4v) is 1.79. The van der Waals surface area contributed by atoms with Crippen LogP contribution in [0, 0.1) is 11.8 Å². The van der Waals surface area contributed by atoms with Gasteiger partial charge in [-0.2, -0.15) is 0 Å². The summed E-state index contributed by atoms with van der Waals surface area (Å²) in [6.45, 7) is 4.28. The zero-order valence-corrected chi connectivity index (χ0v) is 7.71. The summed E-state index contributed by atoms with van der Waals surface area (Å²) in [5.74, 6) is 1.30. The fourth-order valence-electron chi connectivity index (χ4n) is 1.79. The van der Waals surface area contributed by atoms with Crippen LogP contribution in [0.25, 0.3) is 0 Å². The molecular weight excluding hydrogens is 152 g/mol. The minimum Gasteiger partial charge on any atom is -0.512 e. The van der Waals surface area contributed by atoms with Gasteiger partial charge in [-0.05, 0) is 18.3 Å². The van der Waals surface area contributed by atoms with Gasteiger partial charge in [0, 0.05) is 18.9 Å². The van der Waals surface area contributed by atoms with Crippen LogP contribution in [0.4, 0.5) is 0 Å². The standard InChI is InChI=1S/C10H16O2/c1-7(2)3-8-4-9(11)6-10(12)5-8/h6-8,11H,3-5H2,1-2H3. The van der Waals surface area contributed by atoms with Crippen LogP contribution in [0.3, 0.4) is 0 Å². The van der Waals surface area contributed by atoms with Crippen LogP contribution in [0.1, 0.15) is 33.1 Å². The van der Waals surface area contributed by atoms with E-state index in [2.05, 4.69) is 13.8 Å². The first-order valence-corrected chi connectivity index (χ1v) is 4.50. The molecule has 0 saturated carbocycles. The Hall–Kier alpha value is -0.790. The van der Waals surface area contributed by atoms with E-state index < -0.39 is 0 Å². The molecule has 12 heavy (non-hydrogen) atoms. The van der Waals surface area contributed by atoms with Gasteiger partial charge in [-0.3, -0.25) is 4.79 Å². The molecule has 0 heterocycles. The molecule has 1 atom stereocenters. The van der Waals surface area contributed by atoms with Gasteiger partial charge in [-0.15, -0.1) is 0 Å². The van der Waals surface area contributed by atoms with E-state index in [1.165, 1.54) is 6.08 Å². The van der Waals surface area contributed by atoms with Crippen molar-refractivity contribution in [3.8, 4) is 0 Å². The van der Waals surface area contributed by atoms with Gasteiger partial charge in [0.1, 0.15) is 0 Å². The molecule has 1 aliphatic carbocycles.